The first-order valence-corrected chi connectivity index (χ1v) is 8.91. The van der Waals surface area contributed by atoms with E-state index < -0.39 is 5.97 Å². The number of carbonyl (C=O) groups excluding carboxylic acids is 2. The van der Waals surface area contributed by atoms with Crippen molar-refractivity contribution in [1.29, 1.82) is 0 Å². The predicted octanol–water partition coefficient (Wildman–Crippen LogP) is 3.55. The number of fused-ring (bicyclic) bond motifs is 1. The van der Waals surface area contributed by atoms with E-state index in [4.69, 9.17) is 9.47 Å². The summed E-state index contributed by atoms with van der Waals surface area (Å²) in [4.78, 5) is 40.0. The summed E-state index contributed by atoms with van der Waals surface area (Å²) < 4.78 is 10.6. The topological polar surface area (TPSA) is 107 Å². The molecule has 0 spiro atoms. The molecular weight excluding hydrogens is 372 g/mol. The first-order valence-electron chi connectivity index (χ1n) is 8.91. The van der Waals surface area contributed by atoms with Crippen LogP contribution in [0.4, 0.5) is 0 Å². The molecule has 4 aromatic rings. The molecule has 0 saturated heterocycles. The minimum absolute atomic E-state index is 0.0169. The van der Waals surface area contributed by atoms with Crippen molar-refractivity contribution in [2.75, 3.05) is 6.61 Å². The van der Waals surface area contributed by atoms with Gasteiger partial charge in [-0.1, -0.05) is 12.1 Å². The summed E-state index contributed by atoms with van der Waals surface area (Å²) >= 11 is 0. The number of hydrogen-bond acceptors (Lipinski definition) is 7. The number of ether oxygens (including phenoxy) is 2. The summed E-state index contributed by atoms with van der Waals surface area (Å²) in [7, 11) is 0. The van der Waals surface area contributed by atoms with Gasteiger partial charge in [0.25, 0.3) is 5.88 Å². The van der Waals surface area contributed by atoms with Crippen molar-refractivity contribution in [3.63, 3.8) is 0 Å². The Hall–Kier alpha value is -4.07. The number of H-pyrrole nitrogens is 1. The first kappa shape index (κ1) is 18.3. The number of nitrogens with zero attached hydrogens (tertiary/aromatic N) is 3. The van der Waals surface area contributed by atoms with Crippen LogP contribution in [0.1, 0.15) is 33.6 Å². The normalized spacial score (nSPS) is 10.7. The van der Waals surface area contributed by atoms with Crippen molar-refractivity contribution in [2.24, 2.45) is 0 Å². The average molecular weight is 388 g/mol. The Labute approximate surface area is 165 Å². The third kappa shape index (κ3) is 3.81. The Morgan fingerprint density at radius 3 is 2.52 bits per heavy atom. The lowest BCUT2D eigenvalue weighted by atomic mass is 10.1. The Balaban J connectivity index is 1.54. The van der Waals surface area contributed by atoms with Gasteiger partial charge >= 0.3 is 5.97 Å². The Morgan fingerprint density at radius 2 is 1.76 bits per heavy atom. The summed E-state index contributed by atoms with van der Waals surface area (Å²) in [6.07, 6.45) is 2.80. The van der Waals surface area contributed by atoms with Gasteiger partial charge < -0.3 is 14.5 Å². The van der Waals surface area contributed by atoms with E-state index in [0.29, 0.717) is 11.3 Å². The fourth-order valence-electron chi connectivity index (χ4n) is 2.72. The van der Waals surface area contributed by atoms with Crippen LogP contribution in [0, 0.1) is 0 Å². The molecule has 29 heavy (non-hydrogen) atoms. The van der Waals surface area contributed by atoms with Gasteiger partial charge in [-0.3, -0.25) is 4.79 Å². The van der Waals surface area contributed by atoms with Crippen molar-refractivity contribution in [2.45, 2.75) is 6.92 Å². The predicted molar refractivity (Wildman–Crippen MR) is 104 cm³/mol. The van der Waals surface area contributed by atoms with E-state index >= 15 is 0 Å². The molecule has 8 heteroatoms. The molecule has 0 atom stereocenters. The number of nitrogens with one attached hydrogen (secondary N) is 1. The Morgan fingerprint density at radius 1 is 1.00 bits per heavy atom. The van der Waals surface area contributed by atoms with Crippen LogP contribution in [-0.4, -0.2) is 38.3 Å². The summed E-state index contributed by atoms with van der Waals surface area (Å²) in [6, 6.07) is 13.9. The average Bonchev–Trinajstić information content (AvgIpc) is 3.19. The van der Waals surface area contributed by atoms with Crippen molar-refractivity contribution >= 4 is 22.8 Å². The maximum atomic E-state index is 12.7. The number of benzene rings is 2. The van der Waals surface area contributed by atoms with Crippen LogP contribution >= 0.6 is 0 Å². The number of hydrogen-bond donors (Lipinski definition) is 1. The van der Waals surface area contributed by atoms with Gasteiger partial charge in [0.05, 0.1) is 17.6 Å². The third-order valence-electron chi connectivity index (χ3n) is 4.07. The quantitative estimate of drug-likeness (QED) is 0.397. The third-order valence-corrected chi connectivity index (χ3v) is 4.07. The summed E-state index contributed by atoms with van der Waals surface area (Å²) in [5.41, 5.74) is 1.95. The smallest absolute Gasteiger partial charge is 0.362 e. The van der Waals surface area contributed by atoms with Gasteiger partial charge in [-0.25, -0.2) is 19.7 Å². The molecule has 2 aromatic carbocycles. The molecule has 0 bridgehead atoms. The highest BCUT2D eigenvalue weighted by atomic mass is 16.5. The number of esters is 1. The molecule has 144 valence electrons. The second kappa shape index (κ2) is 7.89. The molecule has 2 heterocycles. The van der Waals surface area contributed by atoms with Gasteiger partial charge in [0.2, 0.25) is 11.5 Å². The minimum Gasteiger partial charge on any atom is -0.461 e. The lowest BCUT2D eigenvalue weighted by Gasteiger charge is -2.08. The molecule has 0 aliphatic heterocycles. The van der Waals surface area contributed by atoms with Crippen LogP contribution in [-0.2, 0) is 4.74 Å². The number of rotatable bonds is 6. The molecule has 0 unspecified atom stereocenters. The highest BCUT2D eigenvalue weighted by Gasteiger charge is 2.18. The molecule has 1 N–H and O–H groups in total. The summed E-state index contributed by atoms with van der Waals surface area (Å²) in [5.74, 6) is -0.162. The van der Waals surface area contributed by atoms with Crippen molar-refractivity contribution in [3.8, 4) is 11.6 Å². The molecule has 0 saturated carbocycles. The summed E-state index contributed by atoms with van der Waals surface area (Å²) in [6.45, 7) is 1.92. The zero-order valence-corrected chi connectivity index (χ0v) is 15.5. The second-order valence-corrected chi connectivity index (χ2v) is 5.99. The lowest BCUT2D eigenvalue weighted by Crippen LogP contribution is -2.09. The maximum Gasteiger partial charge on any atom is 0.362 e. The first-order chi connectivity index (χ1) is 14.2. The van der Waals surface area contributed by atoms with Crippen LogP contribution in [0.25, 0.3) is 11.0 Å². The summed E-state index contributed by atoms with van der Waals surface area (Å²) in [5, 5.41) is 0. The number of carbonyl (C=O) groups is 2. The second-order valence-electron chi connectivity index (χ2n) is 5.99. The number of aromatic nitrogens is 4. The number of ketones is 1. The van der Waals surface area contributed by atoms with Gasteiger partial charge in [0.1, 0.15) is 5.75 Å². The van der Waals surface area contributed by atoms with Crippen LogP contribution in [0.5, 0.6) is 11.6 Å². The fourth-order valence-corrected chi connectivity index (χ4v) is 2.72. The van der Waals surface area contributed by atoms with E-state index in [9.17, 15) is 9.59 Å². The lowest BCUT2D eigenvalue weighted by molar-refractivity contribution is 0.0515. The SMILES string of the molecule is CCOC(=O)c1nccnc1Oc1ccc(C(=O)c2nc3ccccc3[nH]2)cc1. The molecule has 0 aliphatic rings. The van der Waals surface area contributed by atoms with Crippen molar-refractivity contribution < 1.29 is 19.1 Å². The van der Waals surface area contributed by atoms with Gasteiger partial charge in [-0.15, -0.1) is 0 Å². The van der Waals surface area contributed by atoms with Crippen LogP contribution in [0.15, 0.2) is 60.9 Å². The molecule has 2 aromatic heterocycles. The van der Waals surface area contributed by atoms with Crippen LogP contribution in [0.3, 0.4) is 0 Å². The molecule has 0 amide bonds. The van der Waals surface area contributed by atoms with Crippen molar-refractivity contribution in [3.05, 3.63) is 78.0 Å². The monoisotopic (exact) mass is 388 g/mol. The van der Waals surface area contributed by atoms with E-state index in [0.717, 1.165) is 11.0 Å². The van der Waals surface area contributed by atoms with E-state index in [1.807, 2.05) is 24.3 Å². The number of imidazole rings is 1. The van der Waals surface area contributed by atoms with E-state index in [2.05, 4.69) is 19.9 Å². The molecule has 4 rings (SSSR count). The minimum atomic E-state index is -0.618. The highest BCUT2D eigenvalue weighted by molar-refractivity contribution is 6.08. The van der Waals surface area contributed by atoms with E-state index in [1.165, 1.54) is 12.4 Å². The molecule has 0 aliphatic carbocycles. The van der Waals surface area contributed by atoms with E-state index in [1.54, 1.807) is 31.2 Å². The number of aromatic amines is 1. The van der Waals surface area contributed by atoms with Gasteiger partial charge in [-0.05, 0) is 43.3 Å². The standard InChI is InChI=1S/C21H16N4O4/c1-2-28-21(27)17-20(23-12-11-22-17)29-14-9-7-13(8-10-14)18(26)19-24-15-5-3-4-6-16(15)25-19/h3-12H,2H2,1H3,(H,24,25). The van der Waals surface area contributed by atoms with Gasteiger partial charge in [0.15, 0.2) is 5.82 Å². The largest absolute Gasteiger partial charge is 0.461 e. The van der Waals surface area contributed by atoms with Crippen LogP contribution < -0.4 is 4.74 Å². The molecule has 0 fully saturated rings. The zero-order chi connectivity index (χ0) is 20.2. The molecular formula is C21H16N4O4. The number of para-hydroxylation sites is 2. The molecule has 0 radical (unpaired) electrons. The van der Waals surface area contributed by atoms with Gasteiger partial charge in [0, 0.05) is 18.0 Å². The van der Waals surface area contributed by atoms with E-state index in [-0.39, 0.29) is 29.8 Å². The fraction of sp³-hybridized carbons (Fsp3) is 0.0952. The van der Waals surface area contributed by atoms with Crippen LogP contribution in [0.2, 0.25) is 0 Å². The van der Waals surface area contributed by atoms with Crippen molar-refractivity contribution in [1.82, 2.24) is 19.9 Å². The zero-order valence-electron chi connectivity index (χ0n) is 15.5. The highest BCUT2D eigenvalue weighted by Crippen LogP contribution is 2.23. The van der Waals surface area contributed by atoms with Gasteiger partial charge in [-0.2, -0.15) is 0 Å². The Bertz CT molecular complexity index is 1150. The maximum absolute atomic E-state index is 12.7. The Kier molecular flexibility index (Phi) is 4.98. The molecule has 8 nitrogen and oxygen atoms in total.